The van der Waals surface area contributed by atoms with E-state index in [1.165, 1.54) is 25.9 Å². The number of fused-ring (bicyclic) bond motifs is 5. The van der Waals surface area contributed by atoms with Crippen molar-refractivity contribution >= 4 is 39.5 Å². The summed E-state index contributed by atoms with van der Waals surface area (Å²) in [5.74, 6) is 2.50. The molecule has 7 rings (SSSR count). The number of aromatic nitrogens is 5. The molecule has 0 aliphatic carbocycles. The van der Waals surface area contributed by atoms with Crippen LogP contribution >= 0.6 is 0 Å². The number of anilines is 2. The Balaban J connectivity index is 1.21. The molecule has 4 heterocycles. The smallest absolute Gasteiger partial charge is 0.270 e. The number of nitrogens with one attached hydrogen (secondary N) is 1. The minimum Gasteiger partial charge on any atom is -0.494 e. The number of nitrogens with zero attached hydrogens (tertiary/aromatic N) is 6. The molecule has 43 heavy (non-hydrogen) atoms. The van der Waals surface area contributed by atoms with Crippen molar-refractivity contribution in [3.05, 3.63) is 94.4 Å². The van der Waals surface area contributed by atoms with E-state index in [0.29, 0.717) is 22.8 Å². The van der Waals surface area contributed by atoms with Gasteiger partial charge in [0.1, 0.15) is 11.1 Å². The van der Waals surface area contributed by atoms with E-state index in [1.54, 1.807) is 10.8 Å². The van der Waals surface area contributed by atoms with Gasteiger partial charge in [0, 0.05) is 11.9 Å². The van der Waals surface area contributed by atoms with Gasteiger partial charge in [-0.2, -0.15) is 4.98 Å². The van der Waals surface area contributed by atoms with E-state index in [0.717, 1.165) is 58.2 Å². The molecule has 0 spiro atoms. The van der Waals surface area contributed by atoms with Gasteiger partial charge in [0.05, 0.1) is 23.3 Å². The quantitative estimate of drug-likeness (QED) is 0.249. The summed E-state index contributed by atoms with van der Waals surface area (Å²) in [6.45, 7) is 7.09. The summed E-state index contributed by atoms with van der Waals surface area (Å²) in [6.07, 6.45) is 5.18. The highest BCUT2D eigenvalue weighted by Crippen LogP contribution is 2.27. The van der Waals surface area contributed by atoms with Crippen LogP contribution in [-0.2, 0) is 0 Å². The van der Waals surface area contributed by atoms with Gasteiger partial charge in [-0.15, -0.1) is 0 Å². The van der Waals surface area contributed by atoms with Crippen LogP contribution in [0.3, 0.4) is 0 Å². The lowest BCUT2D eigenvalue weighted by molar-refractivity contribution is 0.187. The van der Waals surface area contributed by atoms with Crippen molar-refractivity contribution in [2.45, 2.75) is 33.1 Å². The molecule has 1 fully saturated rings. The summed E-state index contributed by atoms with van der Waals surface area (Å²) < 4.78 is 9.68. The van der Waals surface area contributed by atoms with Crippen LogP contribution in [0, 0.1) is 19.8 Å². The van der Waals surface area contributed by atoms with Crippen LogP contribution in [0.15, 0.2) is 77.7 Å². The summed E-state index contributed by atoms with van der Waals surface area (Å²) in [7, 11) is 2.19. The Hall–Kier alpha value is -4.76. The van der Waals surface area contributed by atoms with Crippen molar-refractivity contribution in [3.63, 3.8) is 0 Å². The number of hydrogen-bond donors (Lipinski definition) is 1. The number of para-hydroxylation sites is 3. The number of rotatable bonds is 7. The third-order valence-corrected chi connectivity index (χ3v) is 8.56. The normalized spacial score (nSPS) is 14.6. The summed E-state index contributed by atoms with van der Waals surface area (Å²) in [6, 6.07) is 21.7. The molecule has 218 valence electrons. The lowest BCUT2D eigenvalue weighted by atomic mass is 9.94. The first kappa shape index (κ1) is 27.1. The first-order valence-corrected chi connectivity index (χ1v) is 14.9. The molecule has 9 heteroatoms. The van der Waals surface area contributed by atoms with Crippen molar-refractivity contribution in [1.29, 1.82) is 0 Å². The zero-order chi connectivity index (χ0) is 29.5. The SMILES string of the molecule is Cc1cccc(C)c1-n1c(=O)c2cnc(Nc3ccc(OCCC4CCN(C)CC4)cc3)nc2n2c3ccccc3nc12. The van der Waals surface area contributed by atoms with E-state index in [2.05, 4.69) is 22.2 Å². The molecule has 1 aliphatic heterocycles. The molecule has 0 amide bonds. The molecular formula is C34H35N7O2. The number of piperidine rings is 1. The van der Waals surface area contributed by atoms with Crippen LogP contribution in [-0.4, -0.2) is 55.6 Å². The topological polar surface area (TPSA) is 89.6 Å². The average Bonchev–Trinajstić information content (AvgIpc) is 3.40. The van der Waals surface area contributed by atoms with Crippen molar-refractivity contribution in [1.82, 2.24) is 28.8 Å². The molecule has 1 aliphatic rings. The van der Waals surface area contributed by atoms with Crippen molar-refractivity contribution in [2.75, 3.05) is 32.1 Å². The molecule has 3 aromatic heterocycles. The Kier molecular flexibility index (Phi) is 7.02. The minimum atomic E-state index is -0.205. The van der Waals surface area contributed by atoms with Crippen LogP contribution in [0.25, 0.3) is 33.5 Å². The molecule has 0 saturated carbocycles. The second-order valence-electron chi connectivity index (χ2n) is 11.6. The molecule has 6 aromatic rings. The second kappa shape index (κ2) is 11.1. The highest BCUT2D eigenvalue weighted by Gasteiger charge is 2.21. The Labute approximate surface area is 249 Å². The summed E-state index contributed by atoms with van der Waals surface area (Å²) in [4.78, 5) is 30.7. The molecule has 0 radical (unpaired) electrons. The van der Waals surface area contributed by atoms with E-state index in [1.807, 2.05) is 85.0 Å². The van der Waals surface area contributed by atoms with Gasteiger partial charge in [-0.05, 0) is 107 Å². The van der Waals surface area contributed by atoms with Gasteiger partial charge in [0.25, 0.3) is 5.56 Å². The third kappa shape index (κ3) is 5.10. The van der Waals surface area contributed by atoms with E-state index >= 15 is 0 Å². The lowest BCUT2D eigenvalue weighted by Crippen LogP contribution is -2.30. The van der Waals surface area contributed by atoms with E-state index in [9.17, 15) is 4.79 Å². The average molecular weight is 574 g/mol. The number of imidazole rings is 1. The summed E-state index contributed by atoms with van der Waals surface area (Å²) >= 11 is 0. The third-order valence-electron chi connectivity index (χ3n) is 8.56. The van der Waals surface area contributed by atoms with Crippen molar-refractivity contribution in [2.24, 2.45) is 5.92 Å². The van der Waals surface area contributed by atoms with Crippen LogP contribution in [0.4, 0.5) is 11.6 Å². The van der Waals surface area contributed by atoms with Gasteiger partial charge in [0.2, 0.25) is 11.7 Å². The van der Waals surface area contributed by atoms with Crippen molar-refractivity contribution < 1.29 is 4.74 Å². The maximum absolute atomic E-state index is 14.0. The van der Waals surface area contributed by atoms with Crippen LogP contribution in [0.1, 0.15) is 30.4 Å². The van der Waals surface area contributed by atoms with Gasteiger partial charge in [-0.1, -0.05) is 30.3 Å². The van der Waals surface area contributed by atoms with Gasteiger partial charge >= 0.3 is 0 Å². The van der Waals surface area contributed by atoms with E-state index in [-0.39, 0.29) is 5.56 Å². The molecule has 1 N–H and O–H groups in total. The number of ether oxygens (including phenoxy) is 1. The highest BCUT2D eigenvalue weighted by atomic mass is 16.5. The second-order valence-corrected chi connectivity index (χ2v) is 11.6. The summed E-state index contributed by atoms with van der Waals surface area (Å²) in [5, 5.41) is 3.71. The Morgan fingerprint density at radius 2 is 1.67 bits per heavy atom. The maximum atomic E-state index is 14.0. The Bertz CT molecular complexity index is 1980. The van der Waals surface area contributed by atoms with Gasteiger partial charge < -0.3 is 15.0 Å². The monoisotopic (exact) mass is 573 g/mol. The predicted molar refractivity (Wildman–Crippen MR) is 171 cm³/mol. The molecular weight excluding hydrogens is 538 g/mol. The van der Waals surface area contributed by atoms with E-state index < -0.39 is 0 Å². The maximum Gasteiger partial charge on any atom is 0.270 e. The van der Waals surface area contributed by atoms with Crippen LogP contribution in [0.5, 0.6) is 5.75 Å². The number of aryl methyl sites for hydroxylation is 2. The Morgan fingerprint density at radius 3 is 2.44 bits per heavy atom. The standard InChI is InChI=1S/C34H35N7O2/c1-22-7-6-8-23(2)30(22)41-32(42)27-21-35-33(38-31(27)40-29-10-5-4-9-28(29)37-34(40)41)36-25-11-13-26(14-12-25)43-20-17-24-15-18-39(3)19-16-24/h4-14,21,24H,15-20H2,1-3H3,(H,35,36,38). The molecule has 9 nitrogen and oxygen atoms in total. The molecule has 1 saturated heterocycles. The fraction of sp³-hybridized carbons (Fsp3) is 0.294. The molecule has 3 aromatic carbocycles. The fourth-order valence-electron chi connectivity index (χ4n) is 6.16. The van der Waals surface area contributed by atoms with Gasteiger partial charge in [-0.25, -0.2) is 14.5 Å². The highest BCUT2D eigenvalue weighted by molar-refractivity contribution is 5.88. The largest absolute Gasteiger partial charge is 0.494 e. The zero-order valence-electron chi connectivity index (χ0n) is 24.7. The zero-order valence-corrected chi connectivity index (χ0v) is 24.7. The van der Waals surface area contributed by atoms with Crippen LogP contribution < -0.4 is 15.6 Å². The number of hydrogen-bond acceptors (Lipinski definition) is 7. The number of benzene rings is 3. The fourth-order valence-corrected chi connectivity index (χ4v) is 6.16. The first-order valence-electron chi connectivity index (χ1n) is 14.9. The number of likely N-dealkylation sites (tertiary alicyclic amines) is 1. The van der Waals surface area contributed by atoms with Gasteiger partial charge in [-0.3, -0.25) is 9.20 Å². The molecule has 0 bridgehead atoms. The van der Waals surface area contributed by atoms with Gasteiger partial charge in [0.15, 0.2) is 5.65 Å². The predicted octanol–water partition coefficient (Wildman–Crippen LogP) is 6.05. The van der Waals surface area contributed by atoms with Crippen molar-refractivity contribution in [3.8, 4) is 11.4 Å². The lowest BCUT2D eigenvalue weighted by Gasteiger charge is -2.28. The van der Waals surface area contributed by atoms with Crippen LogP contribution in [0.2, 0.25) is 0 Å². The first-order chi connectivity index (χ1) is 21.0. The van der Waals surface area contributed by atoms with E-state index in [4.69, 9.17) is 14.7 Å². The Morgan fingerprint density at radius 1 is 0.930 bits per heavy atom. The molecule has 0 unspecified atom stereocenters. The minimum absolute atomic E-state index is 0.205. The summed E-state index contributed by atoms with van der Waals surface area (Å²) in [5.41, 5.74) is 5.59. The molecule has 0 atom stereocenters.